The number of amides is 2. The highest BCUT2D eigenvalue weighted by Crippen LogP contribution is 2.34. The molecule has 3 aliphatic rings. The molecule has 2 aliphatic heterocycles. The standard InChI is InChI=1S/C21H29N3O2/c1-23-18-14-15(20(25)22-16-8-4-2-3-5-9-16)11-12-17(18)21(26)24-13-7-6-10-19(23)24/h11-12,14,16,19H,2-10,13H2,1H3,(H,22,25)/t19-/m0/s1. The van der Waals surface area contributed by atoms with Gasteiger partial charge >= 0.3 is 0 Å². The molecule has 1 aromatic carbocycles. The van der Waals surface area contributed by atoms with Crippen molar-refractivity contribution in [2.75, 3.05) is 18.5 Å². The summed E-state index contributed by atoms with van der Waals surface area (Å²) in [6, 6.07) is 5.84. The van der Waals surface area contributed by atoms with Crippen molar-refractivity contribution in [3.8, 4) is 0 Å². The van der Waals surface area contributed by atoms with Crippen molar-refractivity contribution >= 4 is 17.5 Å². The van der Waals surface area contributed by atoms with E-state index in [0.717, 1.165) is 49.9 Å². The number of piperidine rings is 1. The number of fused-ring (bicyclic) bond motifs is 2. The lowest BCUT2D eigenvalue weighted by Gasteiger charge is -2.46. The van der Waals surface area contributed by atoms with Gasteiger partial charge in [0.2, 0.25) is 0 Å². The number of anilines is 1. The maximum absolute atomic E-state index is 12.8. The van der Waals surface area contributed by atoms with Crippen molar-refractivity contribution < 1.29 is 9.59 Å². The van der Waals surface area contributed by atoms with Gasteiger partial charge in [-0.15, -0.1) is 0 Å². The van der Waals surface area contributed by atoms with Crippen molar-refractivity contribution in [1.82, 2.24) is 10.2 Å². The SMILES string of the molecule is CN1c2cc(C(=O)NC3CCCCCC3)ccc2C(=O)N2CCCC[C@H]21. The summed E-state index contributed by atoms with van der Waals surface area (Å²) in [6.45, 7) is 0.831. The molecule has 0 aromatic heterocycles. The molecule has 5 nitrogen and oxygen atoms in total. The van der Waals surface area contributed by atoms with Gasteiger partial charge in [0.15, 0.2) is 0 Å². The lowest BCUT2D eigenvalue weighted by molar-refractivity contribution is 0.0589. The molecule has 1 N–H and O–H groups in total. The second-order valence-electron chi connectivity index (χ2n) is 7.98. The first-order valence-electron chi connectivity index (χ1n) is 10.1. The van der Waals surface area contributed by atoms with E-state index < -0.39 is 0 Å². The van der Waals surface area contributed by atoms with E-state index in [1.807, 2.05) is 24.1 Å². The van der Waals surface area contributed by atoms with Crippen molar-refractivity contribution in [1.29, 1.82) is 0 Å². The fourth-order valence-corrected chi connectivity index (χ4v) is 4.71. The predicted molar refractivity (Wildman–Crippen MR) is 102 cm³/mol. The Morgan fingerprint density at radius 1 is 1.04 bits per heavy atom. The smallest absolute Gasteiger partial charge is 0.257 e. The molecule has 1 saturated heterocycles. The normalized spacial score (nSPS) is 23.9. The maximum Gasteiger partial charge on any atom is 0.257 e. The molecule has 0 bridgehead atoms. The van der Waals surface area contributed by atoms with E-state index in [-0.39, 0.29) is 24.0 Å². The van der Waals surface area contributed by atoms with Crippen molar-refractivity contribution in [2.24, 2.45) is 0 Å². The van der Waals surface area contributed by atoms with E-state index in [9.17, 15) is 9.59 Å². The summed E-state index contributed by atoms with van der Waals surface area (Å²) in [6.07, 6.45) is 10.4. The summed E-state index contributed by atoms with van der Waals surface area (Å²) in [5.41, 5.74) is 2.28. The van der Waals surface area contributed by atoms with Crippen LogP contribution < -0.4 is 10.2 Å². The second-order valence-corrected chi connectivity index (χ2v) is 7.98. The largest absolute Gasteiger partial charge is 0.354 e. The molecular formula is C21H29N3O2. The van der Waals surface area contributed by atoms with Gasteiger partial charge in [0.05, 0.1) is 11.3 Å². The molecule has 26 heavy (non-hydrogen) atoms. The van der Waals surface area contributed by atoms with Crippen LogP contribution in [0.5, 0.6) is 0 Å². The topological polar surface area (TPSA) is 52.7 Å². The molecule has 0 unspecified atom stereocenters. The second kappa shape index (κ2) is 7.29. The first-order chi connectivity index (χ1) is 12.6. The Hall–Kier alpha value is -2.04. The third-order valence-electron chi connectivity index (χ3n) is 6.24. The molecule has 0 spiro atoms. The van der Waals surface area contributed by atoms with E-state index in [4.69, 9.17) is 0 Å². The number of carbonyl (C=O) groups excluding carboxylic acids is 2. The van der Waals surface area contributed by atoms with Crippen molar-refractivity contribution in [3.63, 3.8) is 0 Å². The zero-order chi connectivity index (χ0) is 18.1. The highest BCUT2D eigenvalue weighted by molar-refractivity contribution is 6.04. The van der Waals surface area contributed by atoms with Crippen LogP contribution in [-0.2, 0) is 0 Å². The molecule has 1 aromatic rings. The Bertz CT molecular complexity index is 694. The molecule has 2 fully saturated rings. The van der Waals surface area contributed by atoms with Crippen LogP contribution in [0, 0.1) is 0 Å². The molecule has 2 heterocycles. The van der Waals surface area contributed by atoms with Crippen LogP contribution in [0.3, 0.4) is 0 Å². The van der Waals surface area contributed by atoms with Crippen LogP contribution in [0.25, 0.3) is 0 Å². The summed E-state index contributed by atoms with van der Waals surface area (Å²) in [5.74, 6) is 0.102. The molecule has 1 saturated carbocycles. The Kier molecular flexibility index (Phi) is 4.88. The third kappa shape index (κ3) is 3.19. The maximum atomic E-state index is 12.8. The zero-order valence-corrected chi connectivity index (χ0v) is 15.7. The number of carbonyl (C=O) groups is 2. The summed E-state index contributed by atoms with van der Waals surface area (Å²) < 4.78 is 0. The van der Waals surface area contributed by atoms with Gasteiger partial charge in [-0.3, -0.25) is 9.59 Å². The molecule has 0 radical (unpaired) electrons. The first-order valence-corrected chi connectivity index (χ1v) is 10.1. The zero-order valence-electron chi connectivity index (χ0n) is 15.7. The highest BCUT2D eigenvalue weighted by Gasteiger charge is 2.37. The van der Waals surface area contributed by atoms with Gasteiger partial charge < -0.3 is 15.1 Å². The summed E-state index contributed by atoms with van der Waals surface area (Å²) in [5, 5.41) is 3.21. The van der Waals surface area contributed by atoms with Crippen LogP contribution in [0.2, 0.25) is 0 Å². The number of nitrogens with one attached hydrogen (secondary N) is 1. The molecule has 4 rings (SSSR count). The van der Waals surface area contributed by atoms with E-state index in [1.165, 1.54) is 25.7 Å². The molecule has 5 heteroatoms. The van der Waals surface area contributed by atoms with Crippen molar-refractivity contribution in [3.05, 3.63) is 29.3 Å². The van der Waals surface area contributed by atoms with Gasteiger partial charge in [0, 0.05) is 25.2 Å². The number of nitrogens with zero attached hydrogens (tertiary/aromatic N) is 2. The Morgan fingerprint density at radius 3 is 2.54 bits per heavy atom. The van der Waals surface area contributed by atoms with Gasteiger partial charge in [0.1, 0.15) is 6.17 Å². The molecule has 2 amide bonds. The lowest BCUT2D eigenvalue weighted by Crippen LogP contribution is -2.55. The number of benzene rings is 1. The van der Waals surface area contributed by atoms with Gasteiger partial charge in [-0.05, 0) is 50.3 Å². The van der Waals surface area contributed by atoms with Crippen LogP contribution >= 0.6 is 0 Å². The monoisotopic (exact) mass is 355 g/mol. The molecule has 1 atom stereocenters. The number of rotatable bonds is 2. The Balaban J connectivity index is 1.55. The minimum absolute atomic E-state index is 0.00776. The fourth-order valence-electron chi connectivity index (χ4n) is 4.71. The third-order valence-corrected chi connectivity index (χ3v) is 6.24. The first kappa shape index (κ1) is 17.4. The average Bonchev–Trinajstić information content (AvgIpc) is 2.94. The Morgan fingerprint density at radius 2 is 1.77 bits per heavy atom. The molecule has 140 valence electrons. The lowest BCUT2D eigenvalue weighted by atomic mass is 9.97. The van der Waals surface area contributed by atoms with E-state index in [0.29, 0.717) is 5.56 Å². The van der Waals surface area contributed by atoms with E-state index in [2.05, 4.69) is 10.2 Å². The summed E-state index contributed by atoms with van der Waals surface area (Å²) in [4.78, 5) is 29.8. The minimum atomic E-state index is -0.00776. The van der Waals surface area contributed by atoms with Gasteiger partial charge in [-0.25, -0.2) is 0 Å². The molecule has 1 aliphatic carbocycles. The van der Waals surface area contributed by atoms with Crippen LogP contribution in [0.15, 0.2) is 18.2 Å². The summed E-state index contributed by atoms with van der Waals surface area (Å²) >= 11 is 0. The average molecular weight is 355 g/mol. The number of hydrogen-bond donors (Lipinski definition) is 1. The van der Waals surface area contributed by atoms with Crippen molar-refractivity contribution in [2.45, 2.75) is 70.0 Å². The highest BCUT2D eigenvalue weighted by atomic mass is 16.2. The minimum Gasteiger partial charge on any atom is -0.354 e. The van der Waals surface area contributed by atoms with E-state index >= 15 is 0 Å². The van der Waals surface area contributed by atoms with Crippen LogP contribution in [0.4, 0.5) is 5.69 Å². The Labute approximate surface area is 155 Å². The summed E-state index contributed by atoms with van der Waals surface area (Å²) in [7, 11) is 2.04. The van der Waals surface area contributed by atoms with Gasteiger partial charge in [0.25, 0.3) is 11.8 Å². The van der Waals surface area contributed by atoms with Crippen LogP contribution in [0.1, 0.15) is 78.5 Å². The fraction of sp³-hybridized carbons (Fsp3) is 0.619. The predicted octanol–water partition coefficient (Wildman–Crippen LogP) is 3.54. The quantitative estimate of drug-likeness (QED) is 0.826. The van der Waals surface area contributed by atoms with Gasteiger partial charge in [-0.1, -0.05) is 25.7 Å². The number of hydrogen-bond acceptors (Lipinski definition) is 3. The van der Waals surface area contributed by atoms with Crippen LogP contribution in [-0.4, -0.2) is 42.5 Å². The molecular weight excluding hydrogens is 326 g/mol. The van der Waals surface area contributed by atoms with Gasteiger partial charge in [-0.2, -0.15) is 0 Å². The van der Waals surface area contributed by atoms with E-state index in [1.54, 1.807) is 6.07 Å².